The lowest BCUT2D eigenvalue weighted by Crippen LogP contribution is -2.03. The number of aromatic nitrogens is 2. The summed E-state index contributed by atoms with van der Waals surface area (Å²) < 4.78 is 1.97. The van der Waals surface area contributed by atoms with Crippen LogP contribution in [0.2, 0.25) is 0 Å². The third-order valence-corrected chi connectivity index (χ3v) is 2.22. The molecule has 0 atom stereocenters. The van der Waals surface area contributed by atoms with Gasteiger partial charge in [-0.1, -0.05) is 30.3 Å². The first-order valence-electron chi connectivity index (χ1n) is 4.05. The van der Waals surface area contributed by atoms with Gasteiger partial charge in [0, 0.05) is 17.3 Å². The van der Waals surface area contributed by atoms with Gasteiger partial charge in [0.1, 0.15) is 0 Å². The van der Waals surface area contributed by atoms with Crippen molar-refractivity contribution in [1.82, 2.24) is 9.78 Å². The van der Waals surface area contributed by atoms with E-state index in [1.165, 1.54) is 11.1 Å². The van der Waals surface area contributed by atoms with E-state index in [-0.39, 0.29) is 0 Å². The van der Waals surface area contributed by atoms with Crippen molar-refractivity contribution in [1.29, 1.82) is 0 Å². The van der Waals surface area contributed by atoms with Crippen LogP contribution in [0.4, 0.5) is 0 Å². The molecule has 3 heterocycles. The summed E-state index contributed by atoms with van der Waals surface area (Å²) in [6, 6.07) is 10.3. The number of benzene rings is 1. The van der Waals surface area contributed by atoms with Crippen LogP contribution in [0.25, 0.3) is 11.3 Å². The van der Waals surface area contributed by atoms with Crippen molar-refractivity contribution < 1.29 is 0 Å². The summed E-state index contributed by atoms with van der Waals surface area (Å²) >= 11 is 0. The van der Waals surface area contributed by atoms with Crippen LogP contribution in [0, 0.1) is 0 Å². The Hall–Kier alpha value is -1.57. The predicted octanol–water partition coefficient (Wildman–Crippen LogP) is 1.91. The van der Waals surface area contributed by atoms with Crippen LogP contribution in [0.5, 0.6) is 0 Å². The second kappa shape index (κ2) is 1.97. The van der Waals surface area contributed by atoms with Crippen molar-refractivity contribution in [2.45, 2.75) is 6.54 Å². The van der Waals surface area contributed by atoms with Crippen molar-refractivity contribution in [2.75, 3.05) is 0 Å². The van der Waals surface area contributed by atoms with Gasteiger partial charge in [-0.15, -0.1) is 0 Å². The molecule has 12 heavy (non-hydrogen) atoms. The Morgan fingerprint density at radius 1 is 1.17 bits per heavy atom. The number of nitrogens with zero attached hydrogens (tertiary/aromatic N) is 2. The second-order valence-corrected chi connectivity index (χ2v) is 3.07. The van der Waals surface area contributed by atoms with Gasteiger partial charge in [-0.25, -0.2) is 0 Å². The van der Waals surface area contributed by atoms with Crippen LogP contribution in [0.3, 0.4) is 0 Å². The number of hydrogen-bond donors (Lipinski definition) is 0. The van der Waals surface area contributed by atoms with Gasteiger partial charge in [0.05, 0.1) is 12.2 Å². The fourth-order valence-corrected chi connectivity index (χ4v) is 1.56. The molecule has 0 saturated heterocycles. The van der Waals surface area contributed by atoms with E-state index in [1.54, 1.807) is 0 Å². The van der Waals surface area contributed by atoms with E-state index < -0.39 is 0 Å². The fourth-order valence-electron chi connectivity index (χ4n) is 1.56. The monoisotopic (exact) mass is 156 g/mol. The smallest absolute Gasteiger partial charge is 0.0974 e. The minimum absolute atomic E-state index is 1.00. The number of fused-ring (bicyclic) bond motifs is 1. The van der Waals surface area contributed by atoms with Gasteiger partial charge in [0.15, 0.2) is 0 Å². The van der Waals surface area contributed by atoms with Crippen molar-refractivity contribution in [3.63, 3.8) is 0 Å². The summed E-state index contributed by atoms with van der Waals surface area (Å²) in [7, 11) is 0. The predicted molar refractivity (Wildman–Crippen MR) is 46.8 cm³/mol. The molecular weight excluding hydrogens is 148 g/mol. The highest BCUT2D eigenvalue weighted by Crippen LogP contribution is 2.27. The lowest BCUT2D eigenvalue weighted by atomic mass is 10.1. The molecule has 2 heteroatoms. The molecule has 1 aromatic heterocycles. The third kappa shape index (κ3) is 0.666. The lowest BCUT2D eigenvalue weighted by molar-refractivity contribution is 0.661. The lowest BCUT2D eigenvalue weighted by Gasteiger charge is -2.03. The van der Waals surface area contributed by atoms with E-state index in [1.807, 2.05) is 22.9 Å². The van der Waals surface area contributed by atoms with E-state index in [0.717, 1.165) is 12.2 Å². The molecule has 0 unspecified atom stereocenters. The van der Waals surface area contributed by atoms with Crippen LogP contribution in [0.1, 0.15) is 5.56 Å². The van der Waals surface area contributed by atoms with E-state index in [4.69, 9.17) is 0 Å². The molecule has 2 nitrogen and oxygen atoms in total. The minimum atomic E-state index is 1.00. The van der Waals surface area contributed by atoms with E-state index in [0.29, 0.717) is 0 Å². The molecule has 2 bridgehead atoms. The average Bonchev–Trinajstić information content (AvgIpc) is 2.62. The van der Waals surface area contributed by atoms with E-state index in [9.17, 15) is 0 Å². The minimum Gasteiger partial charge on any atom is -0.267 e. The first kappa shape index (κ1) is 6.00. The zero-order valence-electron chi connectivity index (χ0n) is 6.57. The molecule has 0 aliphatic carbocycles. The summed E-state index contributed by atoms with van der Waals surface area (Å²) in [5.41, 5.74) is 3.74. The molecular formula is C10H8N2. The topological polar surface area (TPSA) is 17.8 Å². The molecule has 1 aromatic carbocycles. The number of hydrogen-bond acceptors (Lipinski definition) is 1. The van der Waals surface area contributed by atoms with Gasteiger partial charge in [0.2, 0.25) is 0 Å². The highest BCUT2D eigenvalue weighted by molar-refractivity contribution is 5.64. The normalized spacial score (nSPS) is 12.7. The van der Waals surface area contributed by atoms with Crippen molar-refractivity contribution in [3.8, 4) is 11.3 Å². The van der Waals surface area contributed by atoms with Crippen molar-refractivity contribution in [2.24, 2.45) is 0 Å². The van der Waals surface area contributed by atoms with Crippen molar-refractivity contribution in [3.05, 3.63) is 42.1 Å². The van der Waals surface area contributed by atoms with E-state index >= 15 is 0 Å². The first-order chi connectivity index (χ1) is 5.93. The quantitative estimate of drug-likeness (QED) is 0.526. The van der Waals surface area contributed by atoms with Crippen LogP contribution < -0.4 is 0 Å². The highest BCUT2D eigenvalue weighted by Gasteiger charge is 2.18. The summed E-state index contributed by atoms with van der Waals surface area (Å²) in [6.45, 7) is 1.00. The molecule has 0 spiro atoms. The Balaban J connectivity index is 2.18. The molecule has 2 aliphatic rings. The van der Waals surface area contributed by atoms with Crippen molar-refractivity contribution >= 4 is 0 Å². The Bertz CT molecular complexity index is 415. The first-order valence-corrected chi connectivity index (χ1v) is 4.05. The molecule has 0 fully saturated rings. The Kier molecular flexibility index (Phi) is 0.987. The molecule has 58 valence electrons. The zero-order valence-corrected chi connectivity index (χ0v) is 6.57. The summed E-state index contributed by atoms with van der Waals surface area (Å²) in [4.78, 5) is 0. The molecule has 2 aliphatic heterocycles. The SMILES string of the molecule is c1ccc(-c2nn3cc2C3)cc1. The molecule has 2 aromatic rings. The van der Waals surface area contributed by atoms with Gasteiger partial charge < -0.3 is 0 Å². The number of rotatable bonds is 1. The summed E-state index contributed by atoms with van der Waals surface area (Å²) in [6.07, 6.45) is 2.09. The van der Waals surface area contributed by atoms with Crippen LogP contribution >= 0.6 is 0 Å². The van der Waals surface area contributed by atoms with Gasteiger partial charge in [-0.05, 0) is 0 Å². The fraction of sp³-hybridized carbons (Fsp3) is 0.100. The third-order valence-electron chi connectivity index (χ3n) is 2.22. The Morgan fingerprint density at radius 3 is 2.50 bits per heavy atom. The standard InChI is InChI=1S/C10H8N2/c1-2-4-8(5-3-1)10-9-6-12(7-9)11-10/h1-6H,7H2. The molecule has 0 saturated carbocycles. The van der Waals surface area contributed by atoms with Gasteiger partial charge >= 0.3 is 0 Å². The Labute approximate surface area is 70.5 Å². The maximum absolute atomic E-state index is 4.39. The van der Waals surface area contributed by atoms with E-state index in [2.05, 4.69) is 23.4 Å². The molecule has 0 N–H and O–H groups in total. The molecule has 0 radical (unpaired) electrons. The van der Waals surface area contributed by atoms with Gasteiger partial charge in [0.25, 0.3) is 0 Å². The molecule has 4 rings (SSSR count). The second-order valence-electron chi connectivity index (χ2n) is 3.07. The van der Waals surface area contributed by atoms with Crippen LogP contribution in [-0.2, 0) is 6.54 Å². The summed E-state index contributed by atoms with van der Waals surface area (Å²) in [5.74, 6) is 0. The molecule has 0 amide bonds. The van der Waals surface area contributed by atoms with Gasteiger partial charge in [-0.3, -0.25) is 4.68 Å². The maximum Gasteiger partial charge on any atom is 0.0974 e. The van der Waals surface area contributed by atoms with Crippen LogP contribution in [-0.4, -0.2) is 9.78 Å². The zero-order chi connectivity index (χ0) is 7.97. The summed E-state index contributed by atoms with van der Waals surface area (Å²) in [5, 5.41) is 4.39. The van der Waals surface area contributed by atoms with Gasteiger partial charge in [-0.2, -0.15) is 5.10 Å². The highest BCUT2D eigenvalue weighted by atomic mass is 15.3. The average molecular weight is 156 g/mol. The Morgan fingerprint density at radius 2 is 1.92 bits per heavy atom. The van der Waals surface area contributed by atoms with Crippen LogP contribution in [0.15, 0.2) is 36.5 Å². The maximum atomic E-state index is 4.39. The largest absolute Gasteiger partial charge is 0.267 e.